The molecule has 0 aliphatic rings. The zero-order chi connectivity index (χ0) is 25.1. The Labute approximate surface area is 206 Å². The molecule has 0 spiro atoms. The highest BCUT2D eigenvalue weighted by molar-refractivity contribution is 7.92. The zero-order valence-electron chi connectivity index (χ0n) is 19.0. The molecule has 0 aliphatic carbocycles. The molecule has 36 heavy (non-hydrogen) atoms. The van der Waals surface area contributed by atoms with Gasteiger partial charge in [0.1, 0.15) is 0 Å². The molecule has 0 aliphatic heterocycles. The number of para-hydroxylation sites is 1. The molecule has 10 heteroatoms. The van der Waals surface area contributed by atoms with Crippen molar-refractivity contribution in [3.63, 3.8) is 0 Å². The Hall–Kier alpha value is -4.05. The highest BCUT2D eigenvalue weighted by atomic mass is 32.2. The number of fused-ring (bicyclic) bond motifs is 1. The Morgan fingerprint density at radius 3 is 2.11 bits per heavy atom. The summed E-state index contributed by atoms with van der Waals surface area (Å²) in [5, 5.41) is 9.09. The van der Waals surface area contributed by atoms with Crippen LogP contribution in [0.25, 0.3) is 22.2 Å². The molecule has 0 atom stereocenters. The standard InChI is InChI=1S/C26H22F2N4O3S/c27-24(28)26-30-29-25(35-26)20-12-10-19(11-13-20)16-32(23-8-2-1-3-9-23)36(33,34)15-14-31-17-21-6-4-5-7-22(21)18-31/h1-13,17-18,24H,14-16H2. The minimum atomic E-state index is -3.69. The molecule has 2 aromatic heterocycles. The first-order chi connectivity index (χ1) is 17.4. The van der Waals surface area contributed by atoms with Crippen molar-refractivity contribution in [2.75, 3.05) is 10.1 Å². The van der Waals surface area contributed by atoms with Crippen molar-refractivity contribution in [1.82, 2.24) is 14.8 Å². The highest BCUT2D eigenvalue weighted by Gasteiger charge is 2.23. The monoisotopic (exact) mass is 508 g/mol. The van der Waals surface area contributed by atoms with E-state index in [1.807, 2.05) is 47.3 Å². The second-order valence-electron chi connectivity index (χ2n) is 8.23. The van der Waals surface area contributed by atoms with E-state index in [1.54, 1.807) is 48.5 Å². The fourth-order valence-corrected chi connectivity index (χ4v) is 5.35. The van der Waals surface area contributed by atoms with Gasteiger partial charge in [-0.15, -0.1) is 10.2 Å². The average molecular weight is 509 g/mol. The van der Waals surface area contributed by atoms with E-state index in [9.17, 15) is 17.2 Å². The Bertz CT molecular complexity index is 1530. The Balaban J connectivity index is 1.36. The fraction of sp³-hybridized carbons (Fsp3) is 0.154. The third kappa shape index (κ3) is 5.13. The summed E-state index contributed by atoms with van der Waals surface area (Å²) in [7, 11) is -3.69. The molecule has 0 saturated heterocycles. The minimum absolute atomic E-state index is 0.0245. The predicted octanol–water partition coefficient (Wildman–Crippen LogP) is 5.67. The maximum Gasteiger partial charge on any atom is 0.314 e. The molecule has 0 fully saturated rings. The zero-order valence-corrected chi connectivity index (χ0v) is 19.9. The van der Waals surface area contributed by atoms with Gasteiger partial charge in [-0.25, -0.2) is 8.42 Å². The summed E-state index contributed by atoms with van der Waals surface area (Å²) in [5.74, 6) is -0.853. The third-order valence-electron chi connectivity index (χ3n) is 5.75. The van der Waals surface area contributed by atoms with Crippen molar-refractivity contribution >= 4 is 26.5 Å². The van der Waals surface area contributed by atoms with E-state index in [4.69, 9.17) is 4.42 Å². The number of alkyl halides is 2. The van der Waals surface area contributed by atoms with Crippen molar-refractivity contribution in [2.24, 2.45) is 0 Å². The number of sulfonamides is 1. The molecular formula is C26H22F2N4O3S. The van der Waals surface area contributed by atoms with Crippen LogP contribution in [0.15, 0.2) is 95.7 Å². The van der Waals surface area contributed by atoms with Crippen LogP contribution in [0.5, 0.6) is 0 Å². The molecule has 0 radical (unpaired) electrons. The fourth-order valence-electron chi connectivity index (χ4n) is 3.90. The number of anilines is 1. The van der Waals surface area contributed by atoms with Gasteiger partial charge in [0.2, 0.25) is 15.9 Å². The Morgan fingerprint density at radius 1 is 0.861 bits per heavy atom. The number of hydrogen-bond donors (Lipinski definition) is 0. The van der Waals surface area contributed by atoms with E-state index in [1.165, 1.54) is 4.31 Å². The van der Waals surface area contributed by atoms with Crippen molar-refractivity contribution < 1.29 is 21.6 Å². The summed E-state index contributed by atoms with van der Waals surface area (Å²) in [5.41, 5.74) is 1.73. The van der Waals surface area contributed by atoms with Crippen LogP contribution < -0.4 is 4.31 Å². The van der Waals surface area contributed by atoms with Crippen LogP contribution in [0.1, 0.15) is 17.9 Å². The van der Waals surface area contributed by atoms with Gasteiger partial charge in [-0.05, 0) is 40.6 Å². The van der Waals surface area contributed by atoms with Crippen molar-refractivity contribution in [1.29, 1.82) is 0 Å². The van der Waals surface area contributed by atoms with Gasteiger partial charge in [-0.2, -0.15) is 8.78 Å². The molecule has 5 aromatic rings. The van der Waals surface area contributed by atoms with Crippen LogP contribution in [0.3, 0.4) is 0 Å². The van der Waals surface area contributed by atoms with E-state index in [2.05, 4.69) is 10.2 Å². The van der Waals surface area contributed by atoms with Gasteiger partial charge in [0.15, 0.2) is 0 Å². The molecule has 0 bridgehead atoms. The molecule has 0 saturated carbocycles. The summed E-state index contributed by atoms with van der Waals surface area (Å²) < 4.78 is 60.7. The molecule has 2 heterocycles. The first-order valence-electron chi connectivity index (χ1n) is 11.2. The van der Waals surface area contributed by atoms with E-state index in [0.29, 0.717) is 23.4 Å². The Morgan fingerprint density at radius 2 is 1.50 bits per heavy atom. The summed E-state index contributed by atoms with van der Waals surface area (Å²) >= 11 is 0. The summed E-state index contributed by atoms with van der Waals surface area (Å²) in [6.45, 7) is 0.412. The number of rotatable bonds is 9. The number of halogens is 2. The van der Waals surface area contributed by atoms with Gasteiger partial charge < -0.3 is 8.98 Å². The molecule has 3 aromatic carbocycles. The largest absolute Gasteiger partial charge is 0.415 e. The molecule has 184 valence electrons. The normalized spacial score (nSPS) is 11.9. The van der Waals surface area contributed by atoms with E-state index in [-0.39, 0.29) is 18.2 Å². The molecule has 7 nitrogen and oxygen atoms in total. The maximum atomic E-state index is 13.5. The summed E-state index contributed by atoms with van der Waals surface area (Å²) in [4.78, 5) is 0. The maximum absolute atomic E-state index is 13.5. The smallest absolute Gasteiger partial charge is 0.314 e. The number of hydrogen-bond acceptors (Lipinski definition) is 5. The van der Waals surface area contributed by atoms with E-state index < -0.39 is 22.3 Å². The molecule has 0 N–H and O–H groups in total. The quantitative estimate of drug-likeness (QED) is 0.256. The lowest BCUT2D eigenvalue weighted by molar-refractivity contribution is 0.116. The van der Waals surface area contributed by atoms with Crippen LogP contribution in [0, 0.1) is 0 Å². The minimum Gasteiger partial charge on any atom is -0.415 e. The van der Waals surface area contributed by atoms with Gasteiger partial charge in [-0.1, -0.05) is 54.6 Å². The average Bonchev–Trinajstić information content (AvgIpc) is 3.54. The van der Waals surface area contributed by atoms with Gasteiger partial charge in [0.25, 0.3) is 5.89 Å². The second kappa shape index (κ2) is 9.90. The first-order valence-corrected chi connectivity index (χ1v) is 12.8. The lowest BCUT2D eigenvalue weighted by atomic mass is 10.1. The van der Waals surface area contributed by atoms with Crippen molar-refractivity contribution in [3.8, 4) is 11.5 Å². The second-order valence-corrected chi connectivity index (χ2v) is 10.2. The molecule has 0 amide bonds. The number of benzene rings is 3. The lowest BCUT2D eigenvalue weighted by Crippen LogP contribution is -2.33. The molecule has 5 rings (SSSR count). The SMILES string of the molecule is O=S(=O)(CCn1cc2ccccc2c1)N(Cc1ccc(-c2nnc(C(F)F)o2)cc1)c1ccccc1. The number of nitrogens with zero attached hydrogens (tertiary/aromatic N) is 4. The molecule has 0 unspecified atom stereocenters. The van der Waals surface area contributed by atoms with E-state index in [0.717, 1.165) is 10.8 Å². The van der Waals surface area contributed by atoms with Crippen LogP contribution in [0.4, 0.5) is 14.5 Å². The number of aromatic nitrogens is 3. The van der Waals surface area contributed by atoms with Crippen LogP contribution >= 0.6 is 0 Å². The van der Waals surface area contributed by atoms with Crippen LogP contribution in [-0.4, -0.2) is 28.9 Å². The molecular weight excluding hydrogens is 486 g/mol. The number of aryl methyl sites for hydroxylation is 1. The highest BCUT2D eigenvalue weighted by Crippen LogP contribution is 2.26. The van der Waals surface area contributed by atoms with Crippen molar-refractivity contribution in [3.05, 3.63) is 103 Å². The van der Waals surface area contributed by atoms with Crippen LogP contribution in [-0.2, 0) is 23.1 Å². The van der Waals surface area contributed by atoms with Gasteiger partial charge in [-0.3, -0.25) is 4.31 Å². The van der Waals surface area contributed by atoms with Gasteiger partial charge in [0.05, 0.1) is 18.0 Å². The summed E-state index contributed by atoms with van der Waals surface area (Å²) in [6.07, 6.45) is 1.03. The van der Waals surface area contributed by atoms with Gasteiger partial charge >= 0.3 is 6.43 Å². The predicted molar refractivity (Wildman–Crippen MR) is 133 cm³/mol. The van der Waals surface area contributed by atoms with Crippen LogP contribution in [0.2, 0.25) is 0 Å². The van der Waals surface area contributed by atoms with Crippen molar-refractivity contribution in [2.45, 2.75) is 19.5 Å². The first kappa shape index (κ1) is 23.7. The Kier molecular flexibility index (Phi) is 6.51. The topological polar surface area (TPSA) is 81.2 Å². The summed E-state index contributed by atoms with van der Waals surface area (Å²) in [6, 6.07) is 23.5. The van der Waals surface area contributed by atoms with Gasteiger partial charge in [0, 0.05) is 24.5 Å². The lowest BCUT2D eigenvalue weighted by Gasteiger charge is -2.25. The third-order valence-corrected chi connectivity index (χ3v) is 7.46. The van der Waals surface area contributed by atoms with E-state index >= 15 is 0 Å².